The molecule has 0 saturated carbocycles. The molecule has 0 bridgehead atoms. The van der Waals surface area contributed by atoms with Crippen molar-refractivity contribution in [2.24, 2.45) is 0 Å². The van der Waals surface area contributed by atoms with Gasteiger partial charge in [0.1, 0.15) is 17.9 Å². The van der Waals surface area contributed by atoms with Crippen LogP contribution in [-0.4, -0.2) is 54.1 Å². The summed E-state index contributed by atoms with van der Waals surface area (Å²) in [5.41, 5.74) is 0.396. The summed E-state index contributed by atoms with van der Waals surface area (Å²) in [4.78, 5) is 48.3. The summed E-state index contributed by atoms with van der Waals surface area (Å²) in [7, 11) is 0. The van der Waals surface area contributed by atoms with Gasteiger partial charge in [0.05, 0.1) is 21.9 Å². The number of benzene rings is 1. The minimum Gasteiger partial charge on any atom is -0.480 e. The fourth-order valence-corrected chi connectivity index (χ4v) is 3.97. The number of halogens is 2. The van der Waals surface area contributed by atoms with Gasteiger partial charge < -0.3 is 30.2 Å². The predicted octanol–water partition coefficient (Wildman–Crippen LogP) is 2.39. The lowest BCUT2D eigenvalue weighted by Gasteiger charge is -2.18. The summed E-state index contributed by atoms with van der Waals surface area (Å²) >= 11 is 12.5. The van der Waals surface area contributed by atoms with Gasteiger partial charge in [0.25, 0.3) is 5.91 Å². The number of amides is 3. The van der Waals surface area contributed by atoms with Gasteiger partial charge in [-0.1, -0.05) is 23.2 Å². The molecule has 12 heteroatoms. The molecule has 2 unspecified atom stereocenters. The van der Waals surface area contributed by atoms with Crippen LogP contribution in [0.25, 0.3) is 6.08 Å². The number of hydrogen-bond donors (Lipinski definition) is 4. The second kappa shape index (κ2) is 12.4. The maximum atomic E-state index is 12.7. The Morgan fingerprint density at radius 2 is 1.91 bits per heavy atom. The Bertz CT molecular complexity index is 1090. The van der Waals surface area contributed by atoms with Gasteiger partial charge in [-0.25, -0.2) is 4.79 Å². The summed E-state index contributed by atoms with van der Waals surface area (Å²) < 4.78 is 10.4. The molecule has 3 amide bonds. The molecule has 1 aromatic heterocycles. The third-order valence-corrected chi connectivity index (χ3v) is 5.64. The first kappa shape index (κ1) is 26.3. The smallest absolute Gasteiger partial charge is 0.328 e. The fourth-order valence-electron chi connectivity index (χ4n) is 3.27. The average molecular weight is 524 g/mol. The Labute approximate surface area is 210 Å². The van der Waals surface area contributed by atoms with E-state index in [9.17, 15) is 24.3 Å². The molecular weight excluding hydrogens is 501 g/mol. The molecule has 1 saturated heterocycles. The first-order valence-electron chi connectivity index (χ1n) is 10.6. The van der Waals surface area contributed by atoms with Crippen LogP contribution in [0.3, 0.4) is 0 Å². The zero-order valence-corrected chi connectivity index (χ0v) is 19.9. The second-order valence-corrected chi connectivity index (χ2v) is 8.43. The lowest BCUT2D eigenvalue weighted by Crippen LogP contribution is -2.50. The predicted molar refractivity (Wildman–Crippen MR) is 127 cm³/mol. The SMILES string of the molecule is O=C(/C=C/c1ccco1)NCc1cc(Cl)c(C(=O)NC(CNC(=O)C2CCCO2)C(=O)O)c(Cl)c1. The third kappa shape index (κ3) is 7.57. The summed E-state index contributed by atoms with van der Waals surface area (Å²) in [5.74, 6) is -2.47. The zero-order valence-electron chi connectivity index (χ0n) is 18.4. The molecule has 0 spiro atoms. The van der Waals surface area contributed by atoms with Crippen LogP contribution < -0.4 is 16.0 Å². The van der Waals surface area contributed by atoms with Crippen molar-refractivity contribution in [3.8, 4) is 0 Å². The Morgan fingerprint density at radius 3 is 2.51 bits per heavy atom. The van der Waals surface area contributed by atoms with Gasteiger partial charge in [-0.05, 0) is 48.7 Å². The van der Waals surface area contributed by atoms with Crippen LogP contribution in [0, 0.1) is 0 Å². The number of carboxylic acid groups (broad SMARTS) is 1. The van der Waals surface area contributed by atoms with E-state index >= 15 is 0 Å². The maximum absolute atomic E-state index is 12.7. The van der Waals surface area contributed by atoms with Gasteiger partial charge in [-0.2, -0.15) is 0 Å². The van der Waals surface area contributed by atoms with Crippen LogP contribution in [0.1, 0.15) is 34.5 Å². The molecule has 0 aliphatic carbocycles. The summed E-state index contributed by atoms with van der Waals surface area (Å²) in [6, 6.07) is 4.85. The van der Waals surface area contributed by atoms with E-state index in [1.807, 2.05) is 0 Å². The normalized spacial score (nSPS) is 16.1. The molecular formula is C23H23Cl2N3O7. The van der Waals surface area contributed by atoms with E-state index in [0.717, 1.165) is 6.42 Å². The van der Waals surface area contributed by atoms with Crippen LogP contribution in [0.2, 0.25) is 10.0 Å². The summed E-state index contributed by atoms with van der Waals surface area (Å²) in [6.45, 7) is 0.204. The van der Waals surface area contributed by atoms with Gasteiger partial charge >= 0.3 is 5.97 Å². The van der Waals surface area contributed by atoms with E-state index in [-0.39, 0.29) is 34.6 Å². The van der Waals surface area contributed by atoms with Crippen molar-refractivity contribution in [1.29, 1.82) is 0 Å². The first-order chi connectivity index (χ1) is 16.7. The number of aliphatic carboxylic acids is 1. The van der Waals surface area contributed by atoms with Crippen LogP contribution in [-0.2, 0) is 25.7 Å². The number of hydrogen-bond acceptors (Lipinski definition) is 6. The van der Waals surface area contributed by atoms with Crippen LogP contribution in [0.5, 0.6) is 0 Å². The number of carboxylic acids is 1. The molecule has 35 heavy (non-hydrogen) atoms. The summed E-state index contributed by atoms with van der Waals surface area (Å²) in [5, 5.41) is 16.8. The van der Waals surface area contributed by atoms with Gasteiger partial charge in [-0.3, -0.25) is 14.4 Å². The average Bonchev–Trinajstić information content (AvgIpc) is 3.52. The topological polar surface area (TPSA) is 147 Å². The van der Waals surface area contributed by atoms with Crippen LogP contribution >= 0.6 is 23.2 Å². The molecule has 1 aliphatic heterocycles. The number of nitrogens with one attached hydrogen (secondary N) is 3. The molecule has 2 aromatic rings. The van der Waals surface area contributed by atoms with E-state index in [1.165, 1.54) is 30.5 Å². The number of furan rings is 1. The number of carbonyl (C=O) groups excluding carboxylic acids is 3. The molecule has 0 radical (unpaired) electrons. The lowest BCUT2D eigenvalue weighted by molar-refractivity contribution is -0.139. The molecule has 3 rings (SSSR count). The van der Waals surface area contributed by atoms with Crippen molar-refractivity contribution in [2.45, 2.75) is 31.5 Å². The number of carbonyl (C=O) groups is 4. The Morgan fingerprint density at radius 1 is 1.17 bits per heavy atom. The molecule has 1 aliphatic rings. The van der Waals surface area contributed by atoms with Crippen molar-refractivity contribution >= 4 is 53.0 Å². The molecule has 1 fully saturated rings. The van der Waals surface area contributed by atoms with Gasteiger partial charge in [0, 0.05) is 25.8 Å². The van der Waals surface area contributed by atoms with Gasteiger partial charge in [0.15, 0.2) is 0 Å². The van der Waals surface area contributed by atoms with Crippen molar-refractivity contribution in [3.63, 3.8) is 0 Å². The highest BCUT2D eigenvalue weighted by Gasteiger charge is 2.27. The molecule has 2 heterocycles. The Hall–Kier alpha value is -3.34. The number of ether oxygens (including phenoxy) is 1. The van der Waals surface area contributed by atoms with Crippen molar-refractivity contribution in [3.05, 3.63) is 63.5 Å². The van der Waals surface area contributed by atoms with Gasteiger partial charge in [0.2, 0.25) is 11.8 Å². The molecule has 2 atom stereocenters. The quantitative estimate of drug-likeness (QED) is 0.349. The third-order valence-electron chi connectivity index (χ3n) is 5.04. The van der Waals surface area contributed by atoms with E-state index in [0.29, 0.717) is 24.4 Å². The zero-order chi connectivity index (χ0) is 25.4. The highest BCUT2D eigenvalue weighted by atomic mass is 35.5. The lowest BCUT2D eigenvalue weighted by atomic mass is 10.1. The molecule has 1 aromatic carbocycles. The minimum absolute atomic E-state index is 0.0297. The second-order valence-electron chi connectivity index (χ2n) is 7.61. The maximum Gasteiger partial charge on any atom is 0.328 e. The monoisotopic (exact) mass is 523 g/mol. The molecule has 186 valence electrons. The largest absolute Gasteiger partial charge is 0.480 e. The van der Waals surface area contributed by atoms with Crippen LogP contribution in [0.15, 0.2) is 41.0 Å². The highest BCUT2D eigenvalue weighted by Crippen LogP contribution is 2.27. The Balaban J connectivity index is 1.58. The minimum atomic E-state index is -1.42. The van der Waals surface area contributed by atoms with E-state index in [2.05, 4.69) is 16.0 Å². The van der Waals surface area contributed by atoms with E-state index in [4.69, 9.17) is 32.4 Å². The van der Waals surface area contributed by atoms with E-state index < -0.39 is 29.9 Å². The van der Waals surface area contributed by atoms with E-state index in [1.54, 1.807) is 12.1 Å². The highest BCUT2D eigenvalue weighted by molar-refractivity contribution is 6.39. The van der Waals surface area contributed by atoms with Crippen molar-refractivity contribution < 1.29 is 33.4 Å². The Kier molecular flexibility index (Phi) is 9.30. The number of rotatable bonds is 10. The van der Waals surface area contributed by atoms with Crippen LogP contribution in [0.4, 0.5) is 0 Å². The summed E-state index contributed by atoms with van der Waals surface area (Å²) in [6.07, 6.45) is 4.96. The first-order valence-corrected chi connectivity index (χ1v) is 11.4. The van der Waals surface area contributed by atoms with Crippen molar-refractivity contribution in [2.75, 3.05) is 13.2 Å². The van der Waals surface area contributed by atoms with Crippen molar-refractivity contribution in [1.82, 2.24) is 16.0 Å². The fraction of sp³-hybridized carbons (Fsp3) is 0.304. The standard InChI is InChI=1S/C23H23Cl2N3O7/c24-15-9-13(11-26-19(29)6-5-14-3-1-7-34-14)10-16(25)20(15)22(31)28-17(23(32)33)12-27-21(30)18-4-2-8-35-18/h1,3,5-7,9-10,17-18H,2,4,8,11-12H2,(H,26,29)(H,27,30)(H,28,31)(H,32,33)/b6-5+. The molecule has 4 N–H and O–H groups in total. The molecule has 10 nitrogen and oxygen atoms in total. The van der Waals surface area contributed by atoms with Gasteiger partial charge in [-0.15, -0.1) is 0 Å².